The van der Waals surface area contributed by atoms with E-state index in [1.54, 1.807) is 0 Å². The lowest BCUT2D eigenvalue weighted by molar-refractivity contribution is 0.423. The summed E-state index contributed by atoms with van der Waals surface area (Å²) in [5.41, 5.74) is 1.23. The molecule has 0 spiro atoms. The molecular formula is C16H18Br2N2O. The highest BCUT2D eigenvalue weighted by atomic mass is 79.9. The van der Waals surface area contributed by atoms with Gasteiger partial charge in [0.05, 0.1) is 4.47 Å². The third-order valence-electron chi connectivity index (χ3n) is 2.73. The lowest BCUT2D eigenvalue weighted by Crippen LogP contribution is -2.35. The van der Waals surface area contributed by atoms with Gasteiger partial charge < -0.3 is 10.1 Å². The fraction of sp³-hybridized carbons (Fsp3) is 0.312. The Morgan fingerprint density at radius 2 is 1.90 bits per heavy atom. The molecule has 0 saturated carbocycles. The first kappa shape index (κ1) is 16.5. The number of nitrogens with one attached hydrogen (secondary N) is 1. The van der Waals surface area contributed by atoms with Crippen LogP contribution in [0, 0.1) is 0 Å². The van der Waals surface area contributed by atoms with E-state index in [0.29, 0.717) is 5.88 Å². The molecule has 0 saturated heterocycles. The zero-order valence-electron chi connectivity index (χ0n) is 12.3. The lowest BCUT2D eigenvalue weighted by atomic mass is 10.1. The minimum atomic E-state index is 0.0947. The Morgan fingerprint density at radius 3 is 2.48 bits per heavy atom. The van der Waals surface area contributed by atoms with Crippen molar-refractivity contribution in [3.8, 4) is 11.6 Å². The second-order valence-electron chi connectivity index (χ2n) is 5.79. The Kier molecular flexibility index (Phi) is 5.41. The first-order valence-electron chi connectivity index (χ1n) is 6.66. The fourth-order valence-corrected chi connectivity index (χ4v) is 2.74. The average Bonchev–Trinajstić information content (AvgIpc) is 2.40. The number of rotatable bonds is 4. The first-order valence-corrected chi connectivity index (χ1v) is 8.25. The van der Waals surface area contributed by atoms with Gasteiger partial charge in [0.2, 0.25) is 5.88 Å². The van der Waals surface area contributed by atoms with E-state index in [-0.39, 0.29) is 5.54 Å². The van der Waals surface area contributed by atoms with Gasteiger partial charge in [-0.15, -0.1) is 0 Å². The highest BCUT2D eigenvalue weighted by Crippen LogP contribution is 2.31. The van der Waals surface area contributed by atoms with Gasteiger partial charge in [-0.25, -0.2) is 4.98 Å². The Bertz CT molecular complexity index is 607. The van der Waals surface area contributed by atoms with Gasteiger partial charge in [-0.2, -0.15) is 0 Å². The lowest BCUT2D eigenvalue weighted by Gasteiger charge is -2.20. The molecule has 2 aromatic rings. The maximum absolute atomic E-state index is 5.77. The second-order valence-corrected chi connectivity index (χ2v) is 7.56. The van der Waals surface area contributed by atoms with Crippen LogP contribution in [0.25, 0.3) is 0 Å². The molecular weight excluding hydrogens is 396 g/mol. The minimum absolute atomic E-state index is 0.0947. The number of benzene rings is 1. The summed E-state index contributed by atoms with van der Waals surface area (Å²) in [5, 5.41) is 3.43. The van der Waals surface area contributed by atoms with Crippen molar-refractivity contribution in [2.24, 2.45) is 0 Å². The molecule has 0 bridgehead atoms. The van der Waals surface area contributed by atoms with Crippen LogP contribution in [0.5, 0.6) is 11.6 Å². The zero-order chi connectivity index (χ0) is 15.5. The van der Waals surface area contributed by atoms with E-state index in [0.717, 1.165) is 26.8 Å². The highest BCUT2D eigenvalue weighted by molar-refractivity contribution is 9.11. The van der Waals surface area contributed by atoms with Gasteiger partial charge in [0.1, 0.15) is 5.75 Å². The summed E-state index contributed by atoms with van der Waals surface area (Å²) in [6, 6.07) is 9.67. The molecule has 1 aromatic carbocycles. The standard InChI is InChI=1S/C16H18Br2N2O/c1-16(2,3)20-10-11-4-7-15(19-9-11)21-14-6-5-12(17)8-13(14)18/h4-9,20H,10H2,1-3H3. The number of hydrogen-bond donors (Lipinski definition) is 1. The fourth-order valence-electron chi connectivity index (χ4n) is 1.61. The Morgan fingerprint density at radius 1 is 1.14 bits per heavy atom. The molecule has 0 fully saturated rings. The van der Waals surface area contributed by atoms with Gasteiger partial charge in [-0.05, 0) is 60.5 Å². The Hall–Kier alpha value is -0.910. The molecule has 21 heavy (non-hydrogen) atoms. The number of hydrogen-bond acceptors (Lipinski definition) is 3. The zero-order valence-corrected chi connectivity index (χ0v) is 15.5. The van der Waals surface area contributed by atoms with Crippen molar-refractivity contribution in [2.45, 2.75) is 32.9 Å². The van der Waals surface area contributed by atoms with Crippen molar-refractivity contribution in [3.63, 3.8) is 0 Å². The molecule has 0 aliphatic rings. The molecule has 3 nitrogen and oxygen atoms in total. The van der Waals surface area contributed by atoms with Crippen LogP contribution in [-0.2, 0) is 6.54 Å². The monoisotopic (exact) mass is 412 g/mol. The predicted molar refractivity (Wildman–Crippen MR) is 92.7 cm³/mol. The smallest absolute Gasteiger partial charge is 0.219 e. The van der Waals surface area contributed by atoms with Crippen LogP contribution < -0.4 is 10.1 Å². The molecule has 112 valence electrons. The molecule has 1 aromatic heterocycles. The topological polar surface area (TPSA) is 34.1 Å². The van der Waals surface area contributed by atoms with Crippen molar-refractivity contribution >= 4 is 31.9 Å². The van der Waals surface area contributed by atoms with E-state index < -0.39 is 0 Å². The number of pyridine rings is 1. The molecule has 0 radical (unpaired) electrons. The van der Waals surface area contributed by atoms with Gasteiger partial charge in [0.25, 0.3) is 0 Å². The van der Waals surface area contributed by atoms with Crippen molar-refractivity contribution in [1.29, 1.82) is 0 Å². The van der Waals surface area contributed by atoms with Crippen LogP contribution in [0.4, 0.5) is 0 Å². The van der Waals surface area contributed by atoms with E-state index in [1.807, 2.05) is 36.5 Å². The molecule has 0 aliphatic carbocycles. The van der Waals surface area contributed by atoms with Gasteiger partial charge in [0, 0.05) is 28.8 Å². The summed E-state index contributed by atoms with van der Waals surface area (Å²) in [5.74, 6) is 1.32. The van der Waals surface area contributed by atoms with E-state index in [1.165, 1.54) is 0 Å². The van der Waals surface area contributed by atoms with Gasteiger partial charge in [0.15, 0.2) is 0 Å². The normalized spacial score (nSPS) is 11.5. The van der Waals surface area contributed by atoms with E-state index in [4.69, 9.17) is 4.74 Å². The number of halogens is 2. The van der Waals surface area contributed by atoms with Crippen molar-refractivity contribution in [2.75, 3.05) is 0 Å². The quantitative estimate of drug-likeness (QED) is 0.739. The number of aromatic nitrogens is 1. The van der Waals surface area contributed by atoms with Gasteiger partial charge >= 0.3 is 0 Å². The third kappa shape index (κ3) is 5.41. The summed E-state index contributed by atoms with van der Waals surface area (Å²) in [6.45, 7) is 7.22. The molecule has 5 heteroatoms. The molecule has 1 N–H and O–H groups in total. The SMILES string of the molecule is CC(C)(C)NCc1ccc(Oc2ccc(Br)cc2Br)nc1. The van der Waals surface area contributed by atoms with Crippen LogP contribution in [0.2, 0.25) is 0 Å². The number of ether oxygens (including phenoxy) is 1. The van der Waals surface area contributed by atoms with Gasteiger partial charge in [-0.3, -0.25) is 0 Å². The van der Waals surface area contributed by atoms with Gasteiger partial charge in [-0.1, -0.05) is 22.0 Å². The Balaban J connectivity index is 2.02. The molecule has 2 rings (SSSR count). The predicted octanol–water partition coefficient (Wildman–Crippen LogP) is 5.29. The summed E-state index contributed by atoms with van der Waals surface area (Å²) in [4.78, 5) is 4.34. The van der Waals surface area contributed by atoms with Crippen LogP contribution in [0.15, 0.2) is 45.5 Å². The van der Waals surface area contributed by atoms with Crippen LogP contribution in [0.3, 0.4) is 0 Å². The van der Waals surface area contributed by atoms with E-state index in [9.17, 15) is 0 Å². The molecule has 0 unspecified atom stereocenters. The summed E-state index contributed by atoms with van der Waals surface area (Å²) in [6.07, 6.45) is 1.83. The third-order valence-corrected chi connectivity index (χ3v) is 3.84. The maximum Gasteiger partial charge on any atom is 0.219 e. The summed E-state index contributed by atoms with van der Waals surface area (Å²) >= 11 is 6.89. The summed E-state index contributed by atoms with van der Waals surface area (Å²) < 4.78 is 7.65. The highest BCUT2D eigenvalue weighted by Gasteiger charge is 2.09. The molecule has 0 aliphatic heterocycles. The van der Waals surface area contributed by atoms with Crippen LogP contribution >= 0.6 is 31.9 Å². The van der Waals surface area contributed by atoms with Crippen molar-refractivity contribution < 1.29 is 4.74 Å². The van der Waals surface area contributed by atoms with Crippen LogP contribution in [0.1, 0.15) is 26.3 Å². The van der Waals surface area contributed by atoms with Crippen molar-refractivity contribution in [3.05, 3.63) is 51.0 Å². The second kappa shape index (κ2) is 6.90. The Labute approximate surface area is 142 Å². The molecule has 0 amide bonds. The molecule has 0 atom stereocenters. The average molecular weight is 414 g/mol. The largest absolute Gasteiger partial charge is 0.438 e. The summed E-state index contributed by atoms with van der Waals surface area (Å²) in [7, 11) is 0. The minimum Gasteiger partial charge on any atom is -0.438 e. The number of nitrogens with zero attached hydrogens (tertiary/aromatic N) is 1. The van der Waals surface area contributed by atoms with Crippen molar-refractivity contribution in [1.82, 2.24) is 10.3 Å². The van der Waals surface area contributed by atoms with Crippen LogP contribution in [-0.4, -0.2) is 10.5 Å². The maximum atomic E-state index is 5.77. The first-order chi connectivity index (χ1) is 9.83. The van der Waals surface area contributed by atoms with E-state index >= 15 is 0 Å². The molecule has 1 heterocycles. The van der Waals surface area contributed by atoms with E-state index in [2.05, 4.69) is 62.9 Å².